The van der Waals surface area contributed by atoms with Crippen molar-refractivity contribution in [1.29, 1.82) is 0 Å². The van der Waals surface area contributed by atoms with E-state index < -0.39 is 17.6 Å². The second kappa shape index (κ2) is 5.21. The molecule has 0 fully saturated rings. The van der Waals surface area contributed by atoms with E-state index >= 15 is 0 Å². The Morgan fingerprint density at radius 2 is 1.43 bits per heavy atom. The van der Waals surface area contributed by atoms with E-state index in [1.807, 2.05) is 0 Å². The van der Waals surface area contributed by atoms with Crippen LogP contribution in [-0.4, -0.2) is 16.9 Å². The van der Waals surface area contributed by atoms with Gasteiger partial charge in [-0.2, -0.15) is 0 Å². The Morgan fingerprint density at radius 3 is 1.71 bits per heavy atom. The summed E-state index contributed by atoms with van der Waals surface area (Å²) in [7, 11) is 0. The molecule has 1 rings (SSSR count). The molecular weight excluding hydrogens is 331 g/mol. The average Bonchev–Trinajstić information content (AvgIpc) is 2.03. The largest absolute Gasteiger partial charge is 0.506 e. The van der Waals surface area contributed by atoms with E-state index in [4.69, 9.17) is 11.5 Å². The minimum atomic E-state index is -0.805. The van der Waals surface area contributed by atoms with Crippen LogP contribution in [0.5, 0.6) is 5.75 Å². The van der Waals surface area contributed by atoms with E-state index in [0.717, 1.165) is 0 Å². The van der Waals surface area contributed by atoms with Crippen LogP contribution < -0.4 is 11.5 Å². The van der Waals surface area contributed by atoms with E-state index in [1.165, 1.54) is 18.2 Å². The molecule has 6 heteroatoms. The molecule has 0 aromatic heterocycles. The molecular formula is C8H8N2O3Tb. The summed E-state index contributed by atoms with van der Waals surface area (Å²) >= 11 is 0. The summed E-state index contributed by atoms with van der Waals surface area (Å²) in [6.07, 6.45) is 0. The number of phenols is 1. The first kappa shape index (κ1) is 13.2. The molecule has 5 N–H and O–H groups in total. The van der Waals surface area contributed by atoms with Gasteiger partial charge in [0.25, 0.3) is 11.8 Å². The van der Waals surface area contributed by atoms with Crippen molar-refractivity contribution in [2.24, 2.45) is 11.5 Å². The summed E-state index contributed by atoms with van der Waals surface area (Å²) in [6.45, 7) is 0. The summed E-state index contributed by atoms with van der Waals surface area (Å²) in [4.78, 5) is 21.4. The third kappa shape index (κ3) is 2.62. The first-order valence-corrected chi connectivity index (χ1v) is 3.45. The standard InChI is InChI=1S/C8H8N2O3.Tb/c9-7(12)4-2-1-3-5(6(4)11)8(10)13;/h1-3,11H,(H2,9,12)(H2,10,13);. The van der Waals surface area contributed by atoms with Crippen LogP contribution in [-0.2, 0) is 0 Å². The number of para-hydroxylation sites is 1. The molecule has 0 spiro atoms. The van der Waals surface area contributed by atoms with Gasteiger partial charge in [-0.25, -0.2) is 0 Å². The van der Waals surface area contributed by atoms with E-state index in [0.29, 0.717) is 0 Å². The maximum atomic E-state index is 10.7. The van der Waals surface area contributed by atoms with Crippen molar-refractivity contribution in [3.63, 3.8) is 0 Å². The van der Waals surface area contributed by atoms with Gasteiger partial charge in [0.05, 0.1) is 11.1 Å². The number of rotatable bonds is 2. The molecule has 0 saturated heterocycles. The first-order valence-electron chi connectivity index (χ1n) is 3.45. The topological polar surface area (TPSA) is 106 Å². The van der Waals surface area contributed by atoms with Crippen LogP contribution in [0.25, 0.3) is 0 Å². The molecule has 0 heterocycles. The van der Waals surface area contributed by atoms with Crippen LogP contribution in [0.3, 0.4) is 0 Å². The smallest absolute Gasteiger partial charge is 0.252 e. The van der Waals surface area contributed by atoms with Crippen LogP contribution in [0, 0.1) is 38.6 Å². The van der Waals surface area contributed by atoms with Crippen molar-refractivity contribution < 1.29 is 53.3 Å². The van der Waals surface area contributed by atoms with E-state index in [2.05, 4.69) is 0 Å². The predicted molar refractivity (Wildman–Crippen MR) is 45.1 cm³/mol. The average molecular weight is 339 g/mol. The number of primary amides is 2. The van der Waals surface area contributed by atoms with Crippen LogP contribution in [0.15, 0.2) is 18.2 Å². The molecule has 0 atom stereocenters. The van der Waals surface area contributed by atoms with Crippen molar-refractivity contribution in [2.45, 2.75) is 0 Å². The molecule has 2 amide bonds. The minimum Gasteiger partial charge on any atom is -0.506 e. The molecule has 0 unspecified atom stereocenters. The number of nitrogens with two attached hydrogens (primary N) is 2. The molecule has 0 saturated carbocycles. The maximum Gasteiger partial charge on any atom is 0.252 e. The van der Waals surface area contributed by atoms with Gasteiger partial charge in [-0.1, -0.05) is 6.07 Å². The molecule has 1 radical (unpaired) electrons. The number of hydrogen-bond acceptors (Lipinski definition) is 3. The molecule has 0 aliphatic carbocycles. The quantitative estimate of drug-likeness (QED) is 0.682. The summed E-state index contributed by atoms with van der Waals surface area (Å²) < 4.78 is 0. The Balaban J connectivity index is 0.00000169. The molecule has 0 bridgehead atoms. The van der Waals surface area contributed by atoms with Gasteiger partial charge < -0.3 is 16.6 Å². The molecule has 77 valence electrons. The van der Waals surface area contributed by atoms with Gasteiger partial charge in [0.1, 0.15) is 5.75 Å². The first-order chi connectivity index (χ1) is 6.04. The number of carbonyl (C=O) groups is 2. The number of aromatic hydroxyl groups is 1. The van der Waals surface area contributed by atoms with Crippen LogP contribution in [0.2, 0.25) is 0 Å². The zero-order valence-electron chi connectivity index (χ0n) is 6.98. The van der Waals surface area contributed by atoms with Crippen molar-refractivity contribution in [1.82, 2.24) is 0 Å². The molecule has 0 aliphatic heterocycles. The molecule has 0 aliphatic rings. The second-order valence-electron chi connectivity index (χ2n) is 2.43. The second-order valence-corrected chi connectivity index (χ2v) is 2.43. The Hall–Kier alpha value is -0.754. The van der Waals surface area contributed by atoms with Gasteiger partial charge in [0.2, 0.25) is 0 Å². The van der Waals surface area contributed by atoms with E-state index in [9.17, 15) is 14.7 Å². The number of carbonyl (C=O) groups excluding carboxylic acids is 2. The monoisotopic (exact) mass is 339 g/mol. The zero-order valence-corrected chi connectivity index (χ0v) is 9.12. The van der Waals surface area contributed by atoms with E-state index in [1.54, 1.807) is 0 Å². The Kier molecular flexibility index (Phi) is 4.93. The Morgan fingerprint density at radius 1 is 1.07 bits per heavy atom. The van der Waals surface area contributed by atoms with Gasteiger partial charge in [-0.3, -0.25) is 9.59 Å². The van der Waals surface area contributed by atoms with Crippen molar-refractivity contribution >= 4 is 11.8 Å². The molecule has 14 heavy (non-hydrogen) atoms. The normalized spacial score (nSPS) is 8.86. The Labute approximate surface area is 111 Å². The fourth-order valence-electron chi connectivity index (χ4n) is 0.941. The number of hydrogen-bond donors (Lipinski definition) is 3. The maximum absolute atomic E-state index is 10.7. The number of benzene rings is 1. The fourth-order valence-corrected chi connectivity index (χ4v) is 0.941. The third-order valence-electron chi connectivity index (χ3n) is 1.57. The van der Waals surface area contributed by atoms with E-state index in [-0.39, 0.29) is 49.7 Å². The predicted octanol–water partition coefficient (Wildman–Crippen LogP) is -0.410. The fraction of sp³-hybridized carbons (Fsp3) is 0. The van der Waals surface area contributed by atoms with Crippen LogP contribution >= 0.6 is 0 Å². The van der Waals surface area contributed by atoms with Gasteiger partial charge in [0, 0.05) is 38.6 Å². The van der Waals surface area contributed by atoms with Crippen molar-refractivity contribution in [3.05, 3.63) is 29.3 Å². The third-order valence-corrected chi connectivity index (χ3v) is 1.57. The van der Waals surface area contributed by atoms with Crippen LogP contribution in [0.4, 0.5) is 0 Å². The molecule has 5 nitrogen and oxygen atoms in total. The summed E-state index contributed by atoms with van der Waals surface area (Å²) in [6, 6.07) is 4.04. The molecule has 1 aromatic rings. The van der Waals surface area contributed by atoms with Gasteiger partial charge in [-0.05, 0) is 12.1 Å². The van der Waals surface area contributed by atoms with Crippen molar-refractivity contribution in [3.8, 4) is 5.75 Å². The number of amides is 2. The van der Waals surface area contributed by atoms with Gasteiger partial charge >= 0.3 is 0 Å². The van der Waals surface area contributed by atoms with Crippen molar-refractivity contribution in [2.75, 3.05) is 0 Å². The Bertz CT molecular complexity index is 347. The molecule has 1 aromatic carbocycles. The van der Waals surface area contributed by atoms with Gasteiger partial charge in [-0.15, -0.1) is 0 Å². The van der Waals surface area contributed by atoms with Gasteiger partial charge in [0.15, 0.2) is 0 Å². The van der Waals surface area contributed by atoms with Crippen LogP contribution in [0.1, 0.15) is 20.7 Å². The zero-order chi connectivity index (χ0) is 10.0. The SMILES string of the molecule is NC(=O)c1cccc(C(N)=O)c1O.[Tb]. The summed E-state index contributed by atoms with van der Waals surface area (Å²) in [5.41, 5.74) is 9.64. The minimum absolute atomic E-state index is 0. The summed E-state index contributed by atoms with van der Waals surface area (Å²) in [5.74, 6) is -2.08. The summed E-state index contributed by atoms with van der Waals surface area (Å²) in [5, 5.41) is 9.33.